The molecule has 0 saturated carbocycles. The van der Waals surface area contributed by atoms with Crippen LogP contribution in [-0.2, 0) is 11.2 Å². The second-order valence-electron chi connectivity index (χ2n) is 4.26. The smallest absolute Gasteiger partial charge is 0.0661 e. The predicted molar refractivity (Wildman–Crippen MR) is 73.3 cm³/mol. The van der Waals surface area contributed by atoms with Crippen molar-refractivity contribution < 1.29 is 4.74 Å². The normalized spacial score (nSPS) is 12.6. The number of hydrogen-bond donors (Lipinski definition) is 1. The van der Waals surface area contributed by atoms with Crippen LogP contribution in [0, 0.1) is 0 Å². The van der Waals surface area contributed by atoms with Gasteiger partial charge in [0.25, 0.3) is 0 Å². The van der Waals surface area contributed by atoms with Gasteiger partial charge in [-0.05, 0) is 37.4 Å². The Morgan fingerprint density at radius 3 is 2.35 bits per heavy atom. The Morgan fingerprint density at radius 1 is 1.12 bits per heavy atom. The van der Waals surface area contributed by atoms with E-state index in [0.717, 1.165) is 32.6 Å². The lowest BCUT2D eigenvalue weighted by Crippen LogP contribution is -2.26. The Morgan fingerprint density at radius 2 is 1.82 bits per heavy atom. The van der Waals surface area contributed by atoms with Crippen LogP contribution < -0.4 is 5.32 Å². The fourth-order valence-electron chi connectivity index (χ4n) is 1.81. The third-order valence-corrected chi connectivity index (χ3v) is 2.92. The molecule has 96 valence electrons. The summed E-state index contributed by atoms with van der Waals surface area (Å²) in [5.41, 5.74) is 2.71. The summed E-state index contributed by atoms with van der Waals surface area (Å²) >= 11 is 0. The molecule has 0 heterocycles. The topological polar surface area (TPSA) is 21.3 Å². The summed E-state index contributed by atoms with van der Waals surface area (Å²) in [6.07, 6.45) is 2.24. The average molecular weight is 235 g/mol. The molecule has 17 heavy (non-hydrogen) atoms. The largest absolute Gasteiger partial charge is 0.380 e. The predicted octanol–water partition coefficient (Wildman–Crippen LogP) is 3.33. The number of hydrogen-bond acceptors (Lipinski definition) is 2. The van der Waals surface area contributed by atoms with Gasteiger partial charge in [0.15, 0.2) is 0 Å². The maximum Gasteiger partial charge on any atom is 0.0661 e. The summed E-state index contributed by atoms with van der Waals surface area (Å²) < 4.78 is 5.54. The van der Waals surface area contributed by atoms with E-state index in [1.54, 1.807) is 0 Å². The highest BCUT2D eigenvalue weighted by Crippen LogP contribution is 2.15. The van der Waals surface area contributed by atoms with Crippen molar-refractivity contribution in [3.05, 3.63) is 35.4 Å². The molecule has 1 unspecified atom stereocenters. The van der Waals surface area contributed by atoms with Crippen LogP contribution in [0.15, 0.2) is 24.3 Å². The van der Waals surface area contributed by atoms with E-state index in [-0.39, 0.29) is 0 Å². The molecule has 1 N–H and O–H groups in total. The van der Waals surface area contributed by atoms with Crippen LogP contribution in [-0.4, -0.2) is 19.8 Å². The van der Waals surface area contributed by atoms with Crippen molar-refractivity contribution in [3.8, 4) is 0 Å². The van der Waals surface area contributed by atoms with E-state index in [1.807, 2.05) is 6.92 Å². The standard InChI is InChI=1S/C15H25NO/c1-4-11-16-15(12-17-6-3)14-9-7-13(5-2)8-10-14/h7-10,15-16H,4-6,11-12H2,1-3H3. The zero-order valence-corrected chi connectivity index (χ0v) is 11.3. The zero-order valence-electron chi connectivity index (χ0n) is 11.3. The van der Waals surface area contributed by atoms with E-state index in [9.17, 15) is 0 Å². The van der Waals surface area contributed by atoms with Gasteiger partial charge in [0.1, 0.15) is 0 Å². The van der Waals surface area contributed by atoms with Crippen molar-refractivity contribution in [2.75, 3.05) is 19.8 Å². The first-order valence-electron chi connectivity index (χ1n) is 6.71. The summed E-state index contributed by atoms with van der Waals surface area (Å²) in [5.74, 6) is 0. The molecule has 1 aromatic rings. The molecule has 1 aromatic carbocycles. The van der Waals surface area contributed by atoms with E-state index in [2.05, 4.69) is 43.4 Å². The van der Waals surface area contributed by atoms with E-state index in [4.69, 9.17) is 4.74 Å². The highest BCUT2D eigenvalue weighted by atomic mass is 16.5. The van der Waals surface area contributed by atoms with Gasteiger partial charge in [-0.15, -0.1) is 0 Å². The van der Waals surface area contributed by atoms with Crippen molar-refractivity contribution in [3.63, 3.8) is 0 Å². The molecule has 0 saturated heterocycles. The van der Waals surface area contributed by atoms with Gasteiger partial charge < -0.3 is 10.1 Å². The van der Waals surface area contributed by atoms with Gasteiger partial charge in [0.05, 0.1) is 12.6 Å². The van der Waals surface area contributed by atoms with Crippen molar-refractivity contribution >= 4 is 0 Å². The van der Waals surface area contributed by atoms with Crippen LogP contribution in [0.3, 0.4) is 0 Å². The van der Waals surface area contributed by atoms with Gasteiger partial charge in [-0.25, -0.2) is 0 Å². The second kappa shape index (κ2) is 8.26. The minimum Gasteiger partial charge on any atom is -0.380 e. The van der Waals surface area contributed by atoms with Crippen LogP contribution in [0.5, 0.6) is 0 Å². The van der Waals surface area contributed by atoms with E-state index >= 15 is 0 Å². The number of benzene rings is 1. The Balaban J connectivity index is 2.65. The first-order chi connectivity index (χ1) is 8.31. The summed E-state index contributed by atoms with van der Waals surface area (Å²) in [6, 6.07) is 9.17. The van der Waals surface area contributed by atoms with Crippen molar-refractivity contribution in [1.29, 1.82) is 0 Å². The quantitative estimate of drug-likeness (QED) is 0.746. The van der Waals surface area contributed by atoms with Gasteiger partial charge in [-0.1, -0.05) is 38.1 Å². The molecule has 0 aliphatic rings. The lowest BCUT2D eigenvalue weighted by molar-refractivity contribution is 0.123. The SMILES string of the molecule is CCCNC(COCC)c1ccc(CC)cc1. The molecule has 0 bridgehead atoms. The monoisotopic (exact) mass is 235 g/mol. The molecule has 0 amide bonds. The molecule has 2 nitrogen and oxygen atoms in total. The van der Waals surface area contributed by atoms with Crippen LogP contribution in [0.2, 0.25) is 0 Å². The van der Waals surface area contributed by atoms with Gasteiger partial charge >= 0.3 is 0 Å². The Kier molecular flexibility index (Phi) is 6.90. The Labute approximate surface area is 105 Å². The molecular formula is C15H25NO. The molecular weight excluding hydrogens is 210 g/mol. The third kappa shape index (κ3) is 4.88. The van der Waals surface area contributed by atoms with Crippen molar-refractivity contribution in [1.82, 2.24) is 5.32 Å². The minimum atomic E-state index is 0.320. The van der Waals surface area contributed by atoms with Crippen molar-refractivity contribution in [2.45, 2.75) is 39.7 Å². The number of aryl methyl sites for hydroxylation is 1. The Bertz CT molecular complexity index is 286. The van der Waals surface area contributed by atoms with E-state index in [0.29, 0.717) is 6.04 Å². The molecule has 0 radical (unpaired) electrons. The number of rotatable bonds is 8. The van der Waals surface area contributed by atoms with Crippen LogP contribution in [0.4, 0.5) is 0 Å². The molecule has 0 spiro atoms. The maximum atomic E-state index is 5.54. The van der Waals surface area contributed by atoms with Crippen LogP contribution >= 0.6 is 0 Å². The fraction of sp³-hybridized carbons (Fsp3) is 0.600. The molecule has 0 aliphatic carbocycles. The summed E-state index contributed by atoms with van der Waals surface area (Å²) in [4.78, 5) is 0. The molecule has 1 atom stereocenters. The first-order valence-corrected chi connectivity index (χ1v) is 6.71. The molecule has 0 fully saturated rings. The molecule has 2 heteroatoms. The second-order valence-corrected chi connectivity index (χ2v) is 4.26. The highest BCUT2D eigenvalue weighted by Gasteiger charge is 2.10. The lowest BCUT2D eigenvalue weighted by atomic mass is 10.0. The van der Waals surface area contributed by atoms with Crippen LogP contribution in [0.25, 0.3) is 0 Å². The van der Waals surface area contributed by atoms with Gasteiger partial charge in [-0.3, -0.25) is 0 Å². The zero-order chi connectivity index (χ0) is 12.5. The lowest BCUT2D eigenvalue weighted by Gasteiger charge is -2.19. The molecule has 0 aromatic heterocycles. The summed E-state index contributed by atoms with van der Waals surface area (Å²) in [6.45, 7) is 8.97. The average Bonchev–Trinajstić information content (AvgIpc) is 2.39. The number of nitrogens with one attached hydrogen (secondary N) is 1. The van der Waals surface area contributed by atoms with Crippen molar-refractivity contribution in [2.24, 2.45) is 0 Å². The fourth-order valence-corrected chi connectivity index (χ4v) is 1.81. The maximum absolute atomic E-state index is 5.54. The minimum absolute atomic E-state index is 0.320. The first kappa shape index (κ1) is 14.2. The third-order valence-electron chi connectivity index (χ3n) is 2.92. The van der Waals surface area contributed by atoms with E-state index in [1.165, 1.54) is 11.1 Å². The summed E-state index contributed by atoms with van der Waals surface area (Å²) in [7, 11) is 0. The molecule has 1 rings (SSSR count). The van der Waals surface area contributed by atoms with Gasteiger partial charge in [-0.2, -0.15) is 0 Å². The van der Waals surface area contributed by atoms with Gasteiger partial charge in [0, 0.05) is 6.61 Å². The summed E-state index contributed by atoms with van der Waals surface area (Å²) in [5, 5.41) is 3.53. The van der Waals surface area contributed by atoms with Gasteiger partial charge in [0.2, 0.25) is 0 Å². The molecule has 0 aliphatic heterocycles. The van der Waals surface area contributed by atoms with E-state index < -0.39 is 0 Å². The highest BCUT2D eigenvalue weighted by molar-refractivity contribution is 5.25. The van der Waals surface area contributed by atoms with Crippen LogP contribution in [0.1, 0.15) is 44.4 Å². The number of ether oxygens (including phenoxy) is 1. The Hall–Kier alpha value is -0.860.